The first-order chi connectivity index (χ1) is 13.3. The molecule has 2 aromatic heterocycles. The van der Waals surface area contributed by atoms with Crippen molar-refractivity contribution in [1.29, 1.82) is 0 Å². The number of terminal acetylenes is 1. The van der Waals surface area contributed by atoms with E-state index in [-0.39, 0.29) is 12.2 Å². The van der Waals surface area contributed by atoms with Crippen LogP contribution in [0.3, 0.4) is 0 Å². The van der Waals surface area contributed by atoms with E-state index in [2.05, 4.69) is 20.9 Å². The number of fused-ring (bicyclic) bond motifs is 1. The highest BCUT2D eigenvalue weighted by atomic mass is 32.2. The highest BCUT2D eigenvalue weighted by Gasteiger charge is 2.44. The van der Waals surface area contributed by atoms with Crippen molar-refractivity contribution in [1.82, 2.24) is 19.5 Å². The molecular formula is C16H20N6O5S. The SMILES string of the molecule is C#CC(N)(CCSC[C@H]1O[C@@H](n2cnc3c(N)ncnc32)C(O)C1O)C(=O)O. The van der Waals surface area contributed by atoms with Gasteiger partial charge in [-0.2, -0.15) is 11.8 Å². The summed E-state index contributed by atoms with van der Waals surface area (Å²) >= 11 is 1.32. The van der Waals surface area contributed by atoms with Gasteiger partial charge >= 0.3 is 5.97 Å². The van der Waals surface area contributed by atoms with E-state index in [1.165, 1.54) is 29.0 Å². The fourth-order valence-corrected chi connectivity index (χ4v) is 3.97. The van der Waals surface area contributed by atoms with Crippen molar-refractivity contribution in [2.75, 3.05) is 17.2 Å². The number of aliphatic hydroxyl groups is 2. The zero-order valence-electron chi connectivity index (χ0n) is 14.7. The number of hydrogen-bond donors (Lipinski definition) is 5. The summed E-state index contributed by atoms with van der Waals surface area (Å²) in [7, 11) is 0. The molecule has 3 unspecified atom stereocenters. The van der Waals surface area contributed by atoms with Gasteiger partial charge in [0.15, 0.2) is 23.2 Å². The van der Waals surface area contributed by atoms with E-state index in [0.29, 0.717) is 22.7 Å². The number of nitrogen functional groups attached to an aromatic ring is 1. The minimum Gasteiger partial charge on any atom is -0.479 e. The molecule has 0 radical (unpaired) electrons. The number of rotatable bonds is 7. The Balaban J connectivity index is 1.64. The molecule has 1 fully saturated rings. The summed E-state index contributed by atoms with van der Waals surface area (Å²) in [6.45, 7) is 0. The molecule has 0 amide bonds. The van der Waals surface area contributed by atoms with E-state index in [1.807, 2.05) is 0 Å². The summed E-state index contributed by atoms with van der Waals surface area (Å²) in [6.07, 6.45) is 3.97. The lowest BCUT2D eigenvalue weighted by atomic mass is 9.99. The molecule has 2 aromatic rings. The van der Waals surface area contributed by atoms with Crippen molar-refractivity contribution in [3.8, 4) is 12.3 Å². The molecule has 3 rings (SSSR count). The molecule has 0 saturated carbocycles. The molecule has 11 nitrogen and oxygen atoms in total. The third-order valence-corrected chi connectivity index (χ3v) is 5.62. The van der Waals surface area contributed by atoms with Crippen molar-refractivity contribution in [3.05, 3.63) is 12.7 Å². The number of carboxylic acid groups (broad SMARTS) is 1. The molecule has 5 atom stereocenters. The Morgan fingerprint density at radius 1 is 1.39 bits per heavy atom. The number of imidazole rings is 1. The van der Waals surface area contributed by atoms with Crippen LogP contribution < -0.4 is 11.5 Å². The largest absolute Gasteiger partial charge is 0.479 e. The Hall–Kier alpha value is -2.43. The fraction of sp³-hybridized carbons (Fsp3) is 0.500. The average molecular weight is 408 g/mol. The molecule has 0 bridgehead atoms. The molecule has 150 valence electrons. The number of aromatic nitrogens is 4. The average Bonchev–Trinajstić information content (AvgIpc) is 3.22. The van der Waals surface area contributed by atoms with Crippen LogP contribution in [-0.2, 0) is 9.53 Å². The number of hydrogen-bond acceptors (Lipinski definition) is 10. The number of carboxylic acids is 1. The number of aliphatic hydroxyl groups excluding tert-OH is 2. The number of aliphatic carboxylic acids is 1. The standard InChI is InChI=1S/C16H20N6O5S/c1-2-16(18,15(25)26)3-4-28-5-8-10(23)11(24)14(27-8)22-7-21-9-12(17)19-6-20-13(9)22/h1,6-8,10-11,14,23-24H,3-5,18H2,(H,25,26)(H2,17,19,20)/t8-,10?,11?,14-,16?/m1/s1. The Bertz CT molecular complexity index is 917. The quantitative estimate of drug-likeness (QED) is 0.267. The molecule has 1 aliphatic rings. The minimum absolute atomic E-state index is 0.0562. The molecule has 0 aliphatic carbocycles. The van der Waals surface area contributed by atoms with Crippen LogP contribution in [0, 0.1) is 12.3 Å². The van der Waals surface area contributed by atoms with Crippen molar-refractivity contribution in [2.24, 2.45) is 5.73 Å². The maximum absolute atomic E-state index is 11.1. The molecule has 0 aromatic carbocycles. The summed E-state index contributed by atoms with van der Waals surface area (Å²) in [4.78, 5) is 23.2. The van der Waals surface area contributed by atoms with Gasteiger partial charge in [0, 0.05) is 5.75 Å². The van der Waals surface area contributed by atoms with Gasteiger partial charge < -0.3 is 31.5 Å². The van der Waals surface area contributed by atoms with E-state index in [9.17, 15) is 15.0 Å². The highest BCUT2D eigenvalue weighted by Crippen LogP contribution is 2.33. The Labute approximate surface area is 164 Å². The van der Waals surface area contributed by atoms with Gasteiger partial charge in [-0.15, -0.1) is 6.42 Å². The van der Waals surface area contributed by atoms with Crippen LogP contribution in [-0.4, -0.2) is 76.2 Å². The first-order valence-electron chi connectivity index (χ1n) is 8.31. The summed E-state index contributed by atoms with van der Waals surface area (Å²) in [5, 5.41) is 29.8. The van der Waals surface area contributed by atoms with E-state index in [0.717, 1.165) is 0 Å². The van der Waals surface area contributed by atoms with E-state index < -0.39 is 36.0 Å². The molecule has 3 heterocycles. The molecular weight excluding hydrogens is 388 g/mol. The van der Waals surface area contributed by atoms with Crippen molar-refractivity contribution in [3.63, 3.8) is 0 Å². The lowest BCUT2D eigenvalue weighted by molar-refractivity contribution is -0.141. The first-order valence-corrected chi connectivity index (χ1v) is 9.46. The molecule has 28 heavy (non-hydrogen) atoms. The Morgan fingerprint density at radius 2 is 2.14 bits per heavy atom. The summed E-state index contributed by atoms with van der Waals surface area (Å²) in [6, 6.07) is 0. The van der Waals surface area contributed by atoms with Crippen LogP contribution in [0.2, 0.25) is 0 Å². The van der Waals surface area contributed by atoms with Gasteiger partial charge in [-0.25, -0.2) is 19.7 Å². The number of carbonyl (C=O) groups is 1. The van der Waals surface area contributed by atoms with Crippen LogP contribution in [0.15, 0.2) is 12.7 Å². The van der Waals surface area contributed by atoms with Crippen LogP contribution >= 0.6 is 11.8 Å². The van der Waals surface area contributed by atoms with Gasteiger partial charge in [-0.05, 0) is 12.2 Å². The van der Waals surface area contributed by atoms with Gasteiger partial charge in [0.25, 0.3) is 0 Å². The molecule has 12 heteroatoms. The van der Waals surface area contributed by atoms with Crippen molar-refractivity contribution in [2.45, 2.75) is 36.5 Å². The Morgan fingerprint density at radius 3 is 2.82 bits per heavy atom. The van der Waals surface area contributed by atoms with E-state index in [1.54, 1.807) is 0 Å². The van der Waals surface area contributed by atoms with Crippen LogP contribution in [0.4, 0.5) is 5.82 Å². The van der Waals surface area contributed by atoms with Gasteiger partial charge in [-0.1, -0.05) is 5.92 Å². The lowest BCUT2D eigenvalue weighted by Gasteiger charge is -2.19. The zero-order valence-corrected chi connectivity index (χ0v) is 15.5. The molecule has 7 N–H and O–H groups in total. The summed E-state index contributed by atoms with van der Waals surface area (Å²) in [5.74, 6) is 1.66. The topological polar surface area (TPSA) is 183 Å². The second-order valence-corrected chi connectivity index (χ2v) is 7.52. The fourth-order valence-electron chi connectivity index (χ4n) is 2.83. The van der Waals surface area contributed by atoms with Crippen LogP contribution in [0.5, 0.6) is 0 Å². The van der Waals surface area contributed by atoms with E-state index >= 15 is 0 Å². The van der Waals surface area contributed by atoms with Crippen molar-refractivity contribution < 1.29 is 24.9 Å². The Kier molecular flexibility index (Phi) is 5.73. The predicted octanol–water partition coefficient (Wildman–Crippen LogP) is -1.43. The first kappa shape index (κ1) is 20.3. The van der Waals surface area contributed by atoms with Gasteiger partial charge in [0.1, 0.15) is 24.1 Å². The van der Waals surface area contributed by atoms with Gasteiger partial charge in [0.2, 0.25) is 0 Å². The number of ether oxygens (including phenoxy) is 1. The predicted molar refractivity (Wildman–Crippen MR) is 101 cm³/mol. The van der Waals surface area contributed by atoms with Crippen molar-refractivity contribution >= 4 is 34.7 Å². The smallest absolute Gasteiger partial charge is 0.336 e. The van der Waals surface area contributed by atoms with Crippen LogP contribution in [0.1, 0.15) is 12.6 Å². The number of anilines is 1. The highest BCUT2D eigenvalue weighted by molar-refractivity contribution is 7.99. The summed E-state index contributed by atoms with van der Waals surface area (Å²) in [5.41, 5.74) is 10.4. The molecule has 0 spiro atoms. The van der Waals surface area contributed by atoms with Crippen LogP contribution in [0.25, 0.3) is 11.2 Å². The number of thioether (sulfide) groups is 1. The second-order valence-electron chi connectivity index (χ2n) is 6.38. The minimum atomic E-state index is -1.74. The summed E-state index contributed by atoms with van der Waals surface area (Å²) < 4.78 is 7.28. The maximum atomic E-state index is 11.1. The lowest BCUT2D eigenvalue weighted by Crippen LogP contribution is -2.47. The third kappa shape index (κ3) is 3.62. The van der Waals surface area contributed by atoms with Gasteiger partial charge in [0.05, 0.1) is 12.4 Å². The second kappa shape index (κ2) is 7.90. The maximum Gasteiger partial charge on any atom is 0.336 e. The molecule has 1 saturated heterocycles. The molecule has 1 aliphatic heterocycles. The van der Waals surface area contributed by atoms with E-state index in [4.69, 9.17) is 27.7 Å². The monoisotopic (exact) mass is 408 g/mol. The number of nitrogens with zero attached hydrogens (tertiary/aromatic N) is 4. The van der Waals surface area contributed by atoms with Gasteiger partial charge in [-0.3, -0.25) is 4.57 Å². The third-order valence-electron chi connectivity index (χ3n) is 4.56. The number of nitrogens with two attached hydrogens (primary N) is 2. The normalized spacial score (nSPS) is 26.8. The zero-order chi connectivity index (χ0) is 20.5.